The summed E-state index contributed by atoms with van der Waals surface area (Å²) >= 11 is 5.78. The Hall–Kier alpha value is -2.32. The first-order valence-electron chi connectivity index (χ1n) is 6.78. The Kier molecular flexibility index (Phi) is 5.63. The van der Waals surface area contributed by atoms with Gasteiger partial charge >= 0.3 is 12.2 Å². The molecular weight excluding hydrogens is 347 g/mol. The molecule has 2 aromatic rings. The van der Waals surface area contributed by atoms with Gasteiger partial charge in [-0.25, -0.2) is 9.78 Å². The number of nitrogens with one attached hydrogen (secondary N) is 2. The van der Waals surface area contributed by atoms with E-state index in [0.717, 1.165) is 12.1 Å². The third kappa shape index (κ3) is 4.84. The van der Waals surface area contributed by atoms with Gasteiger partial charge in [0.2, 0.25) is 0 Å². The van der Waals surface area contributed by atoms with Gasteiger partial charge in [0.1, 0.15) is 0 Å². The molecule has 0 spiro atoms. The summed E-state index contributed by atoms with van der Waals surface area (Å²) in [5.74, 6) is 0. The van der Waals surface area contributed by atoms with Crippen molar-refractivity contribution in [2.24, 2.45) is 0 Å². The molecule has 0 saturated carbocycles. The van der Waals surface area contributed by atoms with Crippen LogP contribution < -0.4 is 10.6 Å². The van der Waals surface area contributed by atoms with E-state index in [4.69, 9.17) is 11.6 Å². The van der Waals surface area contributed by atoms with Crippen molar-refractivity contribution in [3.05, 3.63) is 58.9 Å². The number of aromatic nitrogens is 1. The second kappa shape index (κ2) is 7.50. The molecule has 0 aliphatic rings. The van der Waals surface area contributed by atoms with Gasteiger partial charge < -0.3 is 15.7 Å². The number of amides is 2. The van der Waals surface area contributed by atoms with E-state index in [0.29, 0.717) is 0 Å². The van der Waals surface area contributed by atoms with Crippen LogP contribution in [0.4, 0.5) is 23.7 Å². The Balaban J connectivity index is 1.94. The highest BCUT2D eigenvalue weighted by Crippen LogP contribution is 2.30. The fourth-order valence-corrected chi connectivity index (χ4v) is 2.04. The first-order valence-corrected chi connectivity index (χ1v) is 7.16. The molecule has 0 aliphatic carbocycles. The predicted octanol–water partition coefficient (Wildman–Crippen LogP) is 3.61. The van der Waals surface area contributed by atoms with Crippen LogP contribution in [0.15, 0.2) is 42.6 Å². The molecule has 0 radical (unpaired) electrons. The SMILES string of the molecule is O=C(NCC(O)c1cccc(C(F)(F)F)c1)Nc1cccnc1Cl. The monoisotopic (exact) mass is 359 g/mol. The minimum atomic E-state index is -4.50. The van der Waals surface area contributed by atoms with Crippen molar-refractivity contribution >= 4 is 23.3 Å². The summed E-state index contributed by atoms with van der Waals surface area (Å²) in [6.45, 7) is -0.273. The number of pyridine rings is 1. The number of halogens is 4. The zero-order valence-electron chi connectivity index (χ0n) is 12.1. The molecule has 1 aromatic carbocycles. The van der Waals surface area contributed by atoms with Crippen LogP contribution >= 0.6 is 11.6 Å². The van der Waals surface area contributed by atoms with E-state index in [-0.39, 0.29) is 22.9 Å². The van der Waals surface area contributed by atoms with Crippen LogP contribution in [0.3, 0.4) is 0 Å². The van der Waals surface area contributed by atoms with Gasteiger partial charge in [-0.3, -0.25) is 0 Å². The van der Waals surface area contributed by atoms with Gasteiger partial charge in [0, 0.05) is 12.7 Å². The maximum absolute atomic E-state index is 12.6. The van der Waals surface area contributed by atoms with Crippen LogP contribution in [0.5, 0.6) is 0 Å². The number of aliphatic hydroxyl groups excluding tert-OH is 1. The summed E-state index contributed by atoms with van der Waals surface area (Å²) in [6, 6.07) is 6.70. The highest BCUT2D eigenvalue weighted by atomic mass is 35.5. The van der Waals surface area contributed by atoms with Gasteiger partial charge in [0.05, 0.1) is 17.4 Å². The fourth-order valence-electron chi connectivity index (χ4n) is 1.88. The lowest BCUT2D eigenvalue weighted by Gasteiger charge is -2.15. The average Bonchev–Trinajstić information content (AvgIpc) is 2.54. The molecule has 5 nitrogen and oxygen atoms in total. The van der Waals surface area contributed by atoms with Crippen molar-refractivity contribution in [1.82, 2.24) is 10.3 Å². The molecule has 0 saturated heterocycles. The lowest BCUT2D eigenvalue weighted by molar-refractivity contribution is -0.137. The van der Waals surface area contributed by atoms with Crippen LogP contribution in [0.2, 0.25) is 5.15 Å². The maximum Gasteiger partial charge on any atom is 0.416 e. The predicted molar refractivity (Wildman–Crippen MR) is 82.7 cm³/mol. The van der Waals surface area contributed by atoms with Gasteiger partial charge in [-0.2, -0.15) is 13.2 Å². The van der Waals surface area contributed by atoms with Gasteiger partial charge in [-0.1, -0.05) is 23.7 Å². The molecule has 2 amide bonds. The average molecular weight is 360 g/mol. The number of carbonyl (C=O) groups is 1. The number of alkyl halides is 3. The second-order valence-corrected chi connectivity index (χ2v) is 5.17. The zero-order chi connectivity index (χ0) is 17.7. The van der Waals surface area contributed by atoms with Crippen LogP contribution in [-0.2, 0) is 6.18 Å². The highest BCUT2D eigenvalue weighted by molar-refractivity contribution is 6.32. The van der Waals surface area contributed by atoms with Crippen molar-refractivity contribution in [2.75, 3.05) is 11.9 Å². The highest BCUT2D eigenvalue weighted by Gasteiger charge is 2.30. The molecule has 24 heavy (non-hydrogen) atoms. The number of carbonyl (C=O) groups excluding carboxylic acids is 1. The summed E-state index contributed by atoms with van der Waals surface area (Å²) in [4.78, 5) is 15.5. The lowest BCUT2D eigenvalue weighted by Crippen LogP contribution is -2.32. The Bertz CT molecular complexity index is 725. The van der Waals surface area contributed by atoms with E-state index in [1.165, 1.54) is 24.4 Å². The van der Waals surface area contributed by atoms with E-state index in [1.807, 2.05) is 0 Å². The van der Waals surface area contributed by atoms with Crippen LogP contribution in [0.25, 0.3) is 0 Å². The molecule has 0 aliphatic heterocycles. The Labute approximate surface area is 140 Å². The first-order chi connectivity index (χ1) is 11.3. The van der Waals surface area contributed by atoms with Crippen molar-refractivity contribution in [3.63, 3.8) is 0 Å². The summed E-state index contributed by atoms with van der Waals surface area (Å²) < 4.78 is 37.9. The molecule has 1 heterocycles. The third-order valence-electron chi connectivity index (χ3n) is 3.06. The normalized spacial score (nSPS) is 12.5. The summed E-state index contributed by atoms with van der Waals surface area (Å²) in [5, 5.41) is 14.8. The van der Waals surface area contributed by atoms with E-state index >= 15 is 0 Å². The minimum Gasteiger partial charge on any atom is -0.387 e. The summed E-state index contributed by atoms with van der Waals surface area (Å²) in [6.07, 6.45) is -4.34. The topological polar surface area (TPSA) is 74.2 Å². The number of anilines is 1. The van der Waals surface area contributed by atoms with Gasteiger partial charge in [-0.05, 0) is 29.8 Å². The largest absolute Gasteiger partial charge is 0.416 e. The zero-order valence-corrected chi connectivity index (χ0v) is 12.9. The number of hydrogen-bond donors (Lipinski definition) is 3. The Morgan fingerprint density at radius 2 is 2.04 bits per heavy atom. The molecule has 3 N–H and O–H groups in total. The molecule has 0 fully saturated rings. The number of benzene rings is 1. The third-order valence-corrected chi connectivity index (χ3v) is 3.36. The maximum atomic E-state index is 12.6. The Morgan fingerprint density at radius 3 is 2.71 bits per heavy atom. The van der Waals surface area contributed by atoms with Crippen molar-refractivity contribution in [3.8, 4) is 0 Å². The number of hydrogen-bond acceptors (Lipinski definition) is 3. The molecule has 0 bridgehead atoms. The van der Waals surface area contributed by atoms with Crippen LogP contribution in [0.1, 0.15) is 17.2 Å². The molecular formula is C15H13ClF3N3O2. The van der Waals surface area contributed by atoms with E-state index in [2.05, 4.69) is 15.6 Å². The van der Waals surface area contributed by atoms with Crippen molar-refractivity contribution < 1.29 is 23.1 Å². The standard InChI is InChI=1S/C15H13ClF3N3O2/c16-13-11(5-2-6-20-13)22-14(24)21-8-12(23)9-3-1-4-10(7-9)15(17,18)19/h1-7,12,23H,8H2,(H2,21,22,24). The van der Waals surface area contributed by atoms with Gasteiger partial charge in [0.15, 0.2) is 5.15 Å². The lowest BCUT2D eigenvalue weighted by atomic mass is 10.1. The smallest absolute Gasteiger partial charge is 0.387 e. The quantitative estimate of drug-likeness (QED) is 0.730. The van der Waals surface area contributed by atoms with Crippen molar-refractivity contribution in [1.29, 1.82) is 0 Å². The van der Waals surface area contributed by atoms with Crippen molar-refractivity contribution in [2.45, 2.75) is 12.3 Å². The minimum absolute atomic E-state index is 0.0459. The fraction of sp³-hybridized carbons (Fsp3) is 0.200. The first kappa shape index (κ1) is 18.0. The molecule has 2 rings (SSSR count). The molecule has 128 valence electrons. The molecule has 1 atom stereocenters. The molecule has 1 unspecified atom stereocenters. The molecule has 1 aromatic heterocycles. The van der Waals surface area contributed by atoms with Gasteiger partial charge in [0.25, 0.3) is 0 Å². The van der Waals surface area contributed by atoms with E-state index in [1.54, 1.807) is 6.07 Å². The number of urea groups is 1. The summed E-state index contributed by atoms with van der Waals surface area (Å²) in [7, 11) is 0. The number of aliphatic hydroxyl groups is 1. The second-order valence-electron chi connectivity index (χ2n) is 4.82. The van der Waals surface area contributed by atoms with Crippen LogP contribution in [-0.4, -0.2) is 22.7 Å². The van der Waals surface area contributed by atoms with Crippen LogP contribution in [0, 0.1) is 0 Å². The number of nitrogens with zero attached hydrogens (tertiary/aromatic N) is 1. The Morgan fingerprint density at radius 1 is 1.29 bits per heavy atom. The molecule has 9 heteroatoms. The van der Waals surface area contributed by atoms with E-state index in [9.17, 15) is 23.1 Å². The number of rotatable bonds is 4. The van der Waals surface area contributed by atoms with E-state index < -0.39 is 23.9 Å². The van der Waals surface area contributed by atoms with Gasteiger partial charge in [-0.15, -0.1) is 0 Å². The summed E-state index contributed by atoms with van der Waals surface area (Å²) in [5.41, 5.74) is -0.555.